The Hall–Kier alpha value is -2.49. The number of methoxy groups -OCH3 is 1. The number of nitrogens with zero attached hydrogens (tertiary/aromatic N) is 1. The fourth-order valence-corrected chi connectivity index (χ4v) is 2.85. The number of rotatable bonds is 4. The molecule has 1 amide bonds. The Morgan fingerprint density at radius 1 is 0.957 bits per heavy atom. The zero-order valence-electron chi connectivity index (χ0n) is 13.4. The van der Waals surface area contributed by atoms with Crippen molar-refractivity contribution in [2.45, 2.75) is 19.3 Å². The second-order valence-corrected chi connectivity index (χ2v) is 5.78. The van der Waals surface area contributed by atoms with E-state index in [-0.39, 0.29) is 5.91 Å². The Labute approximate surface area is 137 Å². The Balaban J connectivity index is 1.63. The molecule has 0 aliphatic carbocycles. The Morgan fingerprint density at radius 2 is 1.61 bits per heavy atom. The van der Waals surface area contributed by atoms with Gasteiger partial charge >= 0.3 is 0 Å². The summed E-state index contributed by atoms with van der Waals surface area (Å²) in [4.78, 5) is 14.6. The number of ether oxygens (including phenoxy) is 1. The fourth-order valence-electron chi connectivity index (χ4n) is 2.85. The van der Waals surface area contributed by atoms with Crippen molar-refractivity contribution in [2.75, 3.05) is 30.4 Å². The lowest BCUT2D eigenvalue weighted by molar-refractivity contribution is 0.102. The highest BCUT2D eigenvalue weighted by Crippen LogP contribution is 2.22. The Bertz CT molecular complexity index is 644. The molecule has 0 radical (unpaired) electrons. The van der Waals surface area contributed by atoms with E-state index in [1.54, 1.807) is 31.4 Å². The van der Waals surface area contributed by atoms with E-state index >= 15 is 0 Å². The van der Waals surface area contributed by atoms with Gasteiger partial charge in [0.25, 0.3) is 5.91 Å². The molecule has 4 heteroatoms. The van der Waals surface area contributed by atoms with Gasteiger partial charge in [-0.1, -0.05) is 0 Å². The van der Waals surface area contributed by atoms with Crippen LogP contribution in [0.25, 0.3) is 0 Å². The summed E-state index contributed by atoms with van der Waals surface area (Å²) in [7, 11) is 1.61. The Kier molecular flexibility index (Phi) is 4.81. The molecule has 120 valence electrons. The van der Waals surface area contributed by atoms with Gasteiger partial charge in [0, 0.05) is 30.0 Å². The molecule has 1 N–H and O–H groups in total. The second kappa shape index (κ2) is 7.18. The molecule has 0 saturated carbocycles. The van der Waals surface area contributed by atoms with Crippen LogP contribution in [0.1, 0.15) is 29.6 Å². The van der Waals surface area contributed by atoms with Gasteiger partial charge in [-0.15, -0.1) is 0 Å². The summed E-state index contributed by atoms with van der Waals surface area (Å²) in [5.74, 6) is 0.630. The minimum absolute atomic E-state index is 0.113. The average Bonchev–Trinajstić information content (AvgIpc) is 2.63. The van der Waals surface area contributed by atoms with Gasteiger partial charge in [0.05, 0.1) is 7.11 Å². The molecule has 23 heavy (non-hydrogen) atoms. The van der Waals surface area contributed by atoms with Crippen LogP contribution in [0.5, 0.6) is 5.75 Å². The van der Waals surface area contributed by atoms with Crippen LogP contribution in [0.4, 0.5) is 11.4 Å². The van der Waals surface area contributed by atoms with Gasteiger partial charge in [-0.2, -0.15) is 0 Å². The Morgan fingerprint density at radius 3 is 2.22 bits per heavy atom. The van der Waals surface area contributed by atoms with Gasteiger partial charge in [0.15, 0.2) is 0 Å². The van der Waals surface area contributed by atoms with Crippen LogP contribution in [-0.2, 0) is 0 Å². The van der Waals surface area contributed by atoms with Crippen molar-refractivity contribution in [1.82, 2.24) is 0 Å². The molecule has 1 heterocycles. The third-order valence-electron chi connectivity index (χ3n) is 4.20. The maximum Gasteiger partial charge on any atom is 0.255 e. The van der Waals surface area contributed by atoms with Gasteiger partial charge in [-0.05, 0) is 67.8 Å². The van der Waals surface area contributed by atoms with Crippen LogP contribution in [0, 0.1) is 0 Å². The van der Waals surface area contributed by atoms with Crippen LogP contribution >= 0.6 is 0 Å². The summed E-state index contributed by atoms with van der Waals surface area (Å²) in [6.07, 6.45) is 3.85. The van der Waals surface area contributed by atoms with Gasteiger partial charge in [-0.25, -0.2) is 0 Å². The van der Waals surface area contributed by atoms with Crippen molar-refractivity contribution in [3.05, 3.63) is 54.1 Å². The first kappa shape index (κ1) is 15.4. The van der Waals surface area contributed by atoms with Crippen LogP contribution in [0.2, 0.25) is 0 Å². The van der Waals surface area contributed by atoms with Gasteiger partial charge < -0.3 is 15.0 Å². The van der Waals surface area contributed by atoms with Crippen LogP contribution in [0.3, 0.4) is 0 Å². The van der Waals surface area contributed by atoms with E-state index in [1.807, 2.05) is 12.1 Å². The third-order valence-corrected chi connectivity index (χ3v) is 4.20. The predicted octanol–water partition coefficient (Wildman–Crippen LogP) is 3.94. The minimum atomic E-state index is -0.113. The number of hydrogen-bond donors (Lipinski definition) is 1. The summed E-state index contributed by atoms with van der Waals surface area (Å²) in [5, 5.41) is 2.93. The highest BCUT2D eigenvalue weighted by atomic mass is 16.5. The topological polar surface area (TPSA) is 41.6 Å². The number of benzene rings is 2. The van der Waals surface area contributed by atoms with E-state index in [4.69, 9.17) is 4.74 Å². The highest BCUT2D eigenvalue weighted by Gasteiger charge is 2.11. The van der Waals surface area contributed by atoms with E-state index in [2.05, 4.69) is 22.3 Å². The lowest BCUT2D eigenvalue weighted by Crippen LogP contribution is -2.29. The van der Waals surface area contributed by atoms with Crippen molar-refractivity contribution in [3.8, 4) is 5.75 Å². The number of piperidine rings is 1. The number of carbonyl (C=O) groups is 1. The summed E-state index contributed by atoms with van der Waals surface area (Å²) >= 11 is 0. The number of anilines is 2. The molecular weight excluding hydrogens is 288 g/mol. The number of hydrogen-bond acceptors (Lipinski definition) is 3. The normalized spacial score (nSPS) is 14.4. The molecule has 1 saturated heterocycles. The molecule has 0 aromatic heterocycles. The first-order valence-corrected chi connectivity index (χ1v) is 8.07. The van der Waals surface area contributed by atoms with Crippen LogP contribution in [0.15, 0.2) is 48.5 Å². The van der Waals surface area contributed by atoms with E-state index in [9.17, 15) is 4.79 Å². The summed E-state index contributed by atoms with van der Waals surface area (Å²) < 4.78 is 5.10. The molecule has 1 aliphatic heterocycles. The maximum atomic E-state index is 12.2. The molecule has 2 aromatic carbocycles. The first-order chi connectivity index (χ1) is 11.3. The largest absolute Gasteiger partial charge is 0.497 e. The average molecular weight is 310 g/mol. The zero-order chi connectivity index (χ0) is 16.1. The predicted molar refractivity (Wildman–Crippen MR) is 93.5 cm³/mol. The zero-order valence-corrected chi connectivity index (χ0v) is 13.4. The highest BCUT2D eigenvalue weighted by molar-refractivity contribution is 6.04. The van der Waals surface area contributed by atoms with Crippen LogP contribution in [-0.4, -0.2) is 26.1 Å². The summed E-state index contributed by atoms with van der Waals surface area (Å²) in [6.45, 7) is 2.25. The lowest BCUT2D eigenvalue weighted by Gasteiger charge is -2.28. The second-order valence-electron chi connectivity index (χ2n) is 5.78. The number of carbonyl (C=O) groups excluding carboxylic acids is 1. The molecule has 0 unspecified atom stereocenters. The van der Waals surface area contributed by atoms with E-state index in [1.165, 1.54) is 24.9 Å². The van der Waals surface area contributed by atoms with Crippen molar-refractivity contribution < 1.29 is 9.53 Å². The summed E-state index contributed by atoms with van der Waals surface area (Å²) in [5.41, 5.74) is 2.66. The monoisotopic (exact) mass is 310 g/mol. The van der Waals surface area contributed by atoms with E-state index < -0.39 is 0 Å². The molecule has 0 spiro atoms. The fraction of sp³-hybridized carbons (Fsp3) is 0.316. The molecule has 2 aromatic rings. The van der Waals surface area contributed by atoms with E-state index in [0.29, 0.717) is 5.56 Å². The SMILES string of the molecule is COc1ccc(C(=O)Nc2ccc(N3CCCCC3)cc2)cc1. The van der Waals surface area contributed by atoms with E-state index in [0.717, 1.165) is 24.5 Å². The molecule has 4 nitrogen and oxygen atoms in total. The van der Waals surface area contributed by atoms with Crippen molar-refractivity contribution in [2.24, 2.45) is 0 Å². The molecule has 1 fully saturated rings. The third kappa shape index (κ3) is 3.83. The van der Waals surface area contributed by atoms with Gasteiger partial charge in [-0.3, -0.25) is 4.79 Å². The molecule has 3 rings (SSSR count). The standard InChI is InChI=1S/C19H22N2O2/c1-23-18-11-5-15(6-12-18)19(22)20-16-7-9-17(10-8-16)21-13-3-2-4-14-21/h5-12H,2-4,13-14H2,1H3,(H,20,22). The molecule has 0 bridgehead atoms. The smallest absolute Gasteiger partial charge is 0.255 e. The van der Waals surface area contributed by atoms with Crippen molar-refractivity contribution >= 4 is 17.3 Å². The number of amides is 1. The van der Waals surface area contributed by atoms with Crippen LogP contribution < -0.4 is 15.0 Å². The first-order valence-electron chi connectivity index (χ1n) is 8.07. The minimum Gasteiger partial charge on any atom is -0.497 e. The maximum absolute atomic E-state index is 12.2. The van der Waals surface area contributed by atoms with Crippen molar-refractivity contribution in [1.29, 1.82) is 0 Å². The quantitative estimate of drug-likeness (QED) is 0.930. The number of nitrogens with one attached hydrogen (secondary N) is 1. The lowest BCUT2D eigenvalue weighted by atomic mass is 10.1. The molecule has 0 atom stereocenters. The molecule has 1 aliphatic rings. The molecular formula is C19H22N2O2. The van der Waals surface area contributed by atoms with Gasteiger partial charge in [0.2, 0.25) is 0 Å². The van der Waals surface area contributed by atoms with Crippen molar-refractivity contribution in [3.63, 3.8) is 0 Å². The van der Waals surface area contributed by atoms with Gasteiger partial charge in [0.1, 0.15) is 5.75 Å². The summed E-state index contributed by atoms with van der Waals surface area (Å²) in [6, 6.07) is 15.2.